The SMILES string of the molecule is O=c1c2ccccc2nc(C2CCCN2S(=O)(=O)N2CCOCC2)n1CC(F)F. The second kappa shape index (κ2) is 8.05. The lowest BCUT2D eigenvalue weighted by molar-refractivity contribution is 0.0697. The highest BCUT2D eigenvalue weighted by Gasteiger charge is 2.41. The maximum Gasteiger partial charge on any atom is 0.282 e. The molecule has 1 aromatic heterocycles. The summed E-state index contributed by atoms with van der Waals surface area (Å²) in [6.45, 7) is 0.515. The zero-order valence-corrected chi connectivity index (χ0v) is 16.5. The summed E-state index contributed by atoms with van der Waals surface area (Å²) in [5, 5.41) is 0.234. The van der Waals surface area contributed by atoms with Crippen LogP contribution in [0.25, 0.3) is 10.9 Å². The van der Waals surface area contributed by atoms with Crippen molar-refractivity contribution in [3.63, 3.8) is 0 Å². The number of hydrogen-bond acceptors (Lipinski definition) is 5. The predicted octanol–water partition coefficient (Wildman–Crippen LogP) is 1.38. The van der Waals surface area contributed by atoms with Gasteiger partial charge in [-0.25, -0.2) is 13.8 Å². The average Bonchev–Trinajstić information content (AvgIpc) is 3.21. The molecule has 0 aliphatic carbocycles. The molecule has 0 bridgehead atoms. The Morgan fingerprint density at radius 2 is 1.90 bits per heavy atom. The Morgan fingerprint density at radius 1 is 1.17 bits per heavy atom. The van der Waals surface area contributed by atoms with Crippen LogP contribution in [0.2, 0.25) is 0 Å². The number of para-hydroxylation sites is 1. The standard InChI is InChI=1S/C18H22F2N4O4S/c19-16(20)12-23-17(21-14-5-2-1-4-13(14)18(23)25)15-6-3-7-24(15)29(26,27)22-8-10-28-11-9-22/h1-2,4-5,15-16H,3,6-12H2. The number of nitrogens with zero attached hydrogens (tertiary/aromatic N) is 4. The number of alkyl halides is 2. The van der Waals surface area contributed by atoms with Crippen molar-refractivity contribution in [3.8, 4) is 0 Å². The highest BCUT2D eigenvalue weighted by atomic mass is 32.2. The van der Waals surface area contributed by atoms with E-state index >= 15 is 0 Å². The summed E-state index contributed by atoms with van der Waals surface area (Å²) in [6, 6.07) is 5.74. The van der Waals surface area contributed by atoms with Crippen LogP contribution >= 0.6 is 0 Å². The molecule has 3 heterocycles. The molecule has 11 heteroatoms. The molecule has 0 saturated carbocycles. The zero-order valence-electron chi connectivity index (χ0n) is 15.7. The summed E-state index contributed by atoms with van der Waals surface area (Å²) < 4.78 is 61.7. The van der Waals surface area contributed by atoms with Gasteiger partial charge in [-0.1, -0.05) is 12.1 Å². The molecule has 2 saturated heterocycles. The summed E-state index contributed by atoms with van der Waals surface area (Å²) in [4.78, 5) is 17.4. The molecule has 29 heavy (non-hydrogen) atoms. The van der Waals surface area contributed by atoms with E-state index in [9.17, 15) is 22.0 Å². The number of aromatic nitrogens is 2. The van der Waals surface area contributed by atoms with E-state index < -0.39 is 34.8 Å². The van der Waals surface area contributed by atoms with Crippen molar-refractivity contribution in [2.45, 2.75) is 31.9 Å². The van der Waals surface area contributed by atoms with E-state index in [1.165, 1.54) is 14.7 Å². The van der Waals surface area contributed by atoms with E-state index in [0.29, 0.717) is 31.6 Å². The Labute approximate surface area is 166 Å². The van der Waals surface area contributed by atoms with Crippen LogP contribution in [-0.4, -0.2) is 65.9 Å². The first-order valence-electron chi connectivity index (χ1n) is 9.52. The molecule has 2 aliphatic heterocycles. The zero-order chi connectivity index (χ0) is 20.6. The molecule has 0 N–H and O–H groups in total. The lowest BCUT2D eigenvalue weighted by Crippen LogP contribution is -2.49. The Bertz CT molecular complexity index is 1050. The van der Waals surface area contributed by atoms with E-state index in [-0.39, 0.29) is 30.8 Å². The molecule has 1 atom stereocenters. The van der Waals surface area contributed by atoms with Gasteiger partial charge in [0.05, 0.1) is 36.7 Å². The summed E-state index contributed by atoms with van der Waals surface area (Å²) in [7, 11) is -3.83. The van der Waals surface area contributed by atoms with E-state index in [2.05, 4.69) is 4.98 Å². The first-order chi connectivity index (χ1) is 13.9. The molecule has 0 spiro atoms. The van der Waals surface area contributed by atoms with Gasteiger partial charge in [0.2, 0.25) is 0 Å². The van der Waals surface area contributed by atoms with Crippen LogP contribution in [0.15, 0.2) is 29.1 Å². The third-order valence-corrected chi connectivity index (χ3v) is 7.35. The summed E-state index contributed by atoms with van der Waals surface area (Å²) >= 11 is 0. The number of rotatable bonds is 5. The number of ether oxygens (including phenoxy) is 1. The van der Waals surface area contributed by atoms with Crippen LogP contribution in [0.4, 0.5) is 8.78 Å². The van der Waals surface area contributed by atoms with Crippen LogP contribution in [0, 0.1) is 0 Å². The monoisotopic (exact) mass is 428 g/mol. The first-order valence-corrected chi connectivity index (χ1v) is 10.9. The minimum atomic E-state index is -3.83. The van der Waals surface area contributed by atoms with E-state index in [1.54, 1.807) is 18.2 Å². The molecule has 0 amide bonds. The molecule has 0 radical (unpaired) electrons. The van der Waals surface area contributed by atoms with Crippen LogP contribution in [0.1, 0.15) is 24.7 Å². The summed E-state index contributed by atoms with van der Waals surface area (Å²) in [6.07, 6.45) is -1.79. The molecule has 8 nitrogen and oxygen atoms in total. The predicted molar refractivity (Wildman–Crippen MR) is 102 cm³/mol. The van der Waals surface area contributed by atoms with Gasteiger partial charge < -0.3 is 4.74 Å². The Kier molecular flexibility index (Phi) is 5.65. The fourth-order valence-corrected chi connectivity index (χ4v) is 5.74. The fraction of sp³-hybridized carbons (Fsp3) is 0.556. The summed E-state index contributed by atoms with van der Waals surface area (Å²) in [5.74, 6) is 0.0725. The van der Waals surface area contributed by atoms with E-state index in [0.717, 1.165) is 4.57 Å². The van der Waals surface area contributed by atoms with E-state index in [4.69, 9.17) is 4.74 Å². The maximum absolute atomic E-state index is 13.2. The third kappa shape index (κ3) is 3.79. The quantitative estimate of drug-likeness (QED) is 0.718. The highest BCUT2D eigenvalue weighted by Crippen LogP contribution is 2.35. The van der Waals surface area contributed by atoms with Gasteiger partial charge in [-0.2, -0.15) is 17.0 Å². The van der Waals surface area contributed by atoms with Gasteiger partial charge >= 0.3 is 0 Å². The minimum Gasteiger partial charge on any atom is -0.379 e. The van der Waals surface area contributed by atoms with Crippen LogP contribution in [0.3, 0.4) is 0 Å². The van der Waals surface area contributed by atoms with Gasteiger partial charge in [0.15, 0.2) is 0 Å². The number of morpholine rings is 1. The molecular formula is C18H22F2N4O4S. The lowest BCUT2D eigenvalue weighted by Gasteiger charge is -2.33. The normalized spacial score (nSPS) is 22.0. The van der Waals surface area contributed by atoms with Gasteiger partial charge in [0.25, 0.3) is 22.2 Å². The van der Waals surface area contributed by atoms with Crippen molar-refractivity contribution < 1.29 is 21.9 Å². The van der Waals surface area contributed by atoms with Gasteiger partial charge in [-0.15, -0.1) is 0 Å². The second-order valence-electron chi connectivity index (χ2n) is 7.08. The van der Waals surface area contributed by atoms with Gasteiger partial charge in [-0.05, 0) is 25.0 Å². The molecule has 1 unspecified atom stereocenters. The van der Waals surface area contributed by atoms with Crippen molar-refractivity contribution in [3.05, 3.63) is 40.4 Å². The lowest BCUT2D eigenvalue weighted by atomic mass is 10.2. The van der Waals surface area contributed by atoms with Crippen molar-refractivity contribution >= 4 is 21.1 Å². The van der Waals surface area contributed by atoms with E-state index in [1.807, 2.05) is 0 Å². The number of hydrogen-bond donors (Lipinski definition) is 0. The number of halogens is 2. The van der Waals surface area contributed by atoms with Crippen molar-refractivity contribution in [1.82, 2.24) is 18.2 Å². The molecule has 4 rings (SSSR count). The van der Waals surface area contributed by atoms with Crippen molar-refractivity contribution in [2.75, 3.05) is 32.8 Å². The maximum atomic E-state index is 13.2. The largest absolute Gasteiger partial charge is 0.379 e. The third-order valence-electron chi connectivity index (χ3n) is 5.31. The number of benzene rings is 1. The fourth-order valence-electron chi connectivity index (χ4n) is 3.95. The Balaban J connectivity index is 1.81. The second-order valence-corrected chi connectivity index (χ2v) is 8.96. The topological polar surface area (TPSA) is 84.7 Å². The van der Waals surface area contributed by atoms with Crippen LogP contribution in [-0.2, 0) is 21.5 Å². The minimum absolute atomic E-state index is 0.0725. The van der Waals surface area contributed by atoms with Crippen molar-refractivity contribution in [2.24, 2.45) is 0 Å². The van der Waals surface area contributed by atoms with Gasteiger partial charge in [-0.3, -0.25) is 9.36 Å². The molecule has 158 valence electrons. The molecule has 2 fully saturated rings. The first kappa shape index (κ1) is 20.3. The van der Waals surface area contributed by atoms with Crippen LogP contribution < -0.4 is 5.56 Å². The van der Waals surface area contributed by atoms with Gasteiger partial charge in [0.1, 0.15) is 5.82 Å². The average molecular weight is 428 g/mol. The summed E-state index contributed by atoms with van der Waals surface area (Å²) in [5.41, 5.74) is -0.213. The Morgan fingerprint density at radius 3 is 2.62 bits per heavy atom. The highest BCUT2D eigenvalue weighted by molar-refractivity contribution is 7.86. The van der Waals surface area contributed by atoms with Gasteiger partial charge in [0, 0.05) is 19.6 Å². The Hall–Kier alpha value is -1.95. The van der Waals surface area contributed by atoms with Crippen LogP contribution in [0.5, 0.6) is 0 Å². The molecule has 2 aromatic rings. The molecular weight excluding hydrogens is 406 g/mol. The molecule has 2 aliphatic rings. The number of fused-ring (bicyclic) bond motifs is 1. The van der Waals surface area contributed by atoms with Crippen molar-refractivity contribution in [1.29, 1.82) is 0 Å². The molecule has 1 aromatic carbocycles. The smallest absolute Gasteiger partial charge is 0.282 e.